The second-order valence-electron chi connectivity index (χ2n) is 21.9. The summed E-state index contributed by atoms with van der Waals surface area (Å²) >= 11 is 0. The standard InChI is InChI=1S/C70H86N8O4/c1-13-73(14-2)51-33-35-55-57(39-51)67(79)59-41-53(75(17-5)18-6)43-61(65(55)59)69(77(21-9)22-10)63(81-69)37-47-29-25-27-31-49(47)45-71-72-46-50-32-28-26-30-48(50)38-64-70(82-64,78(23-11)24-12)62-44-54(76(19-7)20-8)42-60-66(62)56-36-34-52(74(15-3)16-4)40-58(56)68(60)80/h25-36,39-46,63-64H,13-24,37-38H2,1-12H3. The third-order valence-electron chi connectivity index (χ3n) is 18.3. The van der Waals surface area contributed by atoms with Crippen molar-refractivity contribution in [3.63, 3.8) is 0 Å². The average molecular weight is 1100 g/mol. The minimum atomic E-state index is -0.748. The Morgan fingerprint density at radius 1 is 0.390 bits per heavy atom. The van der Waals surface area contributed by atoms with Crippen LogP contribution in [-0.4, -0.2) is 125 Å². The molecule has 2 aliphatic heterocycles. The largest absolute Gasteiger partial charge is 0.372 e. The number of likely N-dealkylation sites (N-methyl/N-ethyl adjacent to an activating group) is 2. The number of benzene rings is 6. The fourth-order valence-corrected chi connectivity index (χ4v) is 13.8. The highest BCUT2D eigenvalue weighted by molar-refractivity contribution is 6.24. The Kier molecular flexibility index (Phi) is 17.4. The molecule has 12 heteroatoms. The summed E-state index contributed by atoms with van der Waals surface area (Å²) in [6.45, 7) is 36.0. The molecule has 0 spiro atoms. The second kappa shape index (κ2) is 24.5. The predicted octanol–water partition coefficient (Wildman–Crippen LogP) is 13.2. The molecule has 6 aromatic rings. The third kappa shape index (κ3) is 10.1. The number of hydrogen-bond acceptors (Lipinski definition) is 12. The Hall–Kier alpha value is -6.96. The lowest BCUT2D eigenvalue weighted by Crippen LogP contribution is -2.39. The first-order valence-corrected chi connectivity index (χ1v) is 30.7. The molecule has 0 aromatic heterocycles. The first-order chi connectivity index (χ1) is 39.9. The number of hydrogen-bond donors (Lipinski definition) is 0. The van der Waals surface area contributed by atoms with Crippen LogP contribution in [0, 0.1) is 0 Å². The highest BCUT2D eigenvalue weighted by Crippen LogP contribution is 2.58. The molecule has 6 aromatic carbocycles. The fourth-order valence-electron chi connectivity index (χ4n) is 13.8. The summed E-state index contributed by atoms with van der Waals surface area (Å²) < 4.78 is 14.3. The van der Waals surface area contributed by atoms with Crippen molar-refractivity contribution in [3.05, 3.63) is 165 Å². The van der Waals surface area contributed by atoms with Crippen molar-refractivity contribution in [1.82, 2.24) is 9.80 Å². The summed E-state index contributed by atoms with van der Waals surface area (Å²) in [6.07, 6.45) is 4.64. The fraction of sp³-hybridized carbons (Fsp3) is 0.429. The normalized spacial score (nSPS) is 19.3. The van der Waals surface area contributed by atoms with Gasteiger partial charge in [0, 0.05) is 132 Å². The molecule has 0 radical (unpaired) electrons. The van der Waals surface area contributed by atoms with Crippen molar-refractivity contribution in [2.24, 2.45) is 10.2 Å². The van der Waals surface area contributed by atoms with Gasteiger partial charge in [-0.1, -0.05) is 88.4 Å². The van der Waals surface area contributed by atoms with Gasteiger partial charge in [-0.2, -0.15) is 10.2 Å². The molecule has 4 atom stereocenters. The van der Waals surface area contributed by atoms with E-state index in [1.54, 1.807) is 0 Å². The Morgan fingerprint density at radius 2 is 0.720 bits per heavy atom. The smallest absolute Gasteiger partial charge is 0.194 e. The molecule has 430 valence electrons. The Labute approximate surface area is 488 Å². The zero-order valence-electron chi connectivity index (χ0n) is 50.8. The molecule has 0 N–H and O–H groups in total. The number of rotatable bonds is 27. The molecular weight excluding hydrogens is 1020 g/mol. The van der Waals surface area contributed by atoms with Crippen LogP contribution in [0.5, 0.6) is 0 Å². The minimum Gasteiger partial charge on any atom is -0.372 e. The van der Waals surface area contributed by atoms with Gasteiger partial charge in [0.15, 0.2) is 23.0 Å². The topological polar surface area (TPSA) is 103 Å². The number of anilines is 4. The Balaban J connectivity index is 0.944. The van der Waals surface area contributed by atoms with Gasteiger partial charge in [0.2, 0.25) is 0 Å². The van der Waals surface area contributed by atoms with Crippen LogP contribution in [0.1, 0.15) is 148 Å². The summed E-state index contributed by atoms with van der Waals surface area (Å²) in [5.74, 6) is 0.155. The van der Waals surface area contributed by atoms with Crippen molar-refractivity contribution < 1.29 is 19.1 Å². The zero-order valence-corrected chi connectivity index (χ0v) is 50.8. The summed E-state index contributed by atoms with van der Waals surface area (Å²) in [5, 5.41) is 9.44. The lowest BCUT2D eigenvalue weighted by molar-refractivity contribution is 0.0869. The van der Waals surface area contributed by atoms with Crippen LogP contribution >= 0.6 is 0 Å². The Bertz CT molecular complexity index is 3160. The van der Waals surface area contributed by atoms with E-state index in [-0.39, 0.29) is 23.8 Å². The molecule has 2 heterocycles. The van der Waals surface area contributed by atoms with E-state index in [1.807, 2.05) is 24.6 Å². The van der Waals surface area contributed by atoms with E-state index in [4.69, 9.17) is 19.7 Å². The molecule has 0 bridgehead atoms. The van der Waals surface area contributed by atoms with Crippen LogP contribution < -0.4 is 19.6 Å². The molecule has 0 saturated carbocycles. The molecule has 2 aliphatic carbocycles. The summed E-state index contributed by atoms with van der Waals surface area (Å²) in [7, 11) is 0. The van der Waals surface area contributed by atoms with Crippen molar-refractivity contribution in [2.75, 3.05) is 98.1 Å². The maximum atomic E-state index is 14.7. The molecule has 10 rings (SSSR count). The Morgan fingerprint density at radius 3 is 1.06 bits per heavy atom. The van der Waals surface area contributed by atoms with E-state index in [2.05, 4.69) is 210 Å². The van der Waals surface area contributed by atoms with E-state index in [1.165, 1.54) is 0 Å². The molecule has 12 nitrogen and oxygen atoms in total. The number of ether oxygens (including phenoxy) is 2. The van der Waals surface area contributed by atoms with Crippen molar-refractivity contribution >= 4 is 46.7 Å². The van der Waals surface area contributed by atoms with Crippen molar-refractivity contribution in [2.45, 2.75) is 120 Å². The predicted molar refractivity (Wildman–Crippen MR) is 339 cm³/mol. The van der Waals surface area contributed by atoms with E-state index >= 15 is 0 Å². The molecule has 82 heavy (non-hydrogen) atoms. The highest BCUT2D eigenvalue weighted by atomic mass is 16.6. The number of nitrogens with zero attached hydrogens (tertiary/aromatic N) is 8. The van der Waals surface area contributed by atoms with Gasteiger partial charge in [-0.25, -0.2) is 0 Å². The first kappa shape index (κ1) is 58.2. The van der Waals surface area contributed by atoms with Gasteiger partial charge in [0.1, 0.15) is 12.2 Å². The van der Waals surface area contributed by atoms with Crippen LogP contribution in [0.25, 0.3) is 22.3 Å². The molecule has 4 unspecified atom stereocenters. The number of carbonyl (C=O) groups excluding carboxylic acids is 2. The quantitative estimate of drug-likeness (QED) is 0.0281. The monoisotopic (exact) mass is 1100 g/mol. The SMILES string of the molecule is CCN(CC)c1ccc2c(c1)C(=O)c1cc(N(CC)CC)cc(C3(N(CC)CC)OC3Cc3ccccc3C=NN=Cc3ccccc3CC3OC3(c3cc(N(CC)CC)cc4c3-c3ccc(N(CC)CC)cc3C4=O)N(CC)CC)c1-2. The number of carbonyl (C=O) groups is 2. The van der Waals surface area contributed by atoms with Gasteiger partial charge in [0.05, 0.1) is 12.4 Å². The molecule has 2 fully saturated rings. The molecule has 4 aliphatic rings. The third-order valence-corrected chi connectivity index (χ3v) is 18.3. The van der Waals surface area contributed by atoms with Gasteiger partial charge >= 0.3 is 0 Å². The zero-order chi connectivity index (χ0) is 58.0. The minimum absolute atomic E-state index is 0.0777. The van der Waals surface area contributed by atoms with E-state index < -0.39 is 11.4 Å². The second-order valence-corrected chi connectivity index (χ2v) is 21.9. The van der Waals surface area contributed by atoms with Gasteiger partial charge in [0.25, 0.3) is 0 Å². The van der Waals surface area contributed by atoms with Crippen molar-refractivity contribution in [3.8, 4) is 22.3 Å². The van der Waals surface area contributed by atoms with Gasteiger partial charge in [-0.05, 0) is 163 Å². The first-order valence-electron chi connectivity index (χ1n) is 30.7. The van der Waals surface area contributed by atoms with Crippen LogP contribution in [0.3, 0.4) is 0 Å². The summed E-state index contributed by atoms with van der Waals surface area (Å²) in [4.78, 5) is 43.4. The van der Waals surface area contributed by atoms with Gasteiger partial charge in [-0.15, -0.1) is 0 Å². The van der Waals surface area contributed by atoms with E-state index in [0.717, 1.165) is 179 Å². The van der Waals surface area contributed by atoms with Gasteiger partial charge in [-0.3, -0.25) is 19.4 Å². The van der Waals surface area contributed by atoms with Crippen LogP contribution in [0.4, 0.5) is 22.7 Å². The summed E-state index contributed by atoms with van der Waals surface area (Å²) in [5.41, 5.74) is 16.0. The summed E-state index contributed by atoms with van der Waals surface area (Å²) in [6, 6.07) is 38.5. The molecule has 2 saturated heterocycles. The number of ketones is 2. The van der Waals surface area contributed by atoms with Crippen LogP contribution in [0.15, 0.2) is 119 Å². The lowest BCUT2D eigenvalue weighted by atomic mass is 9.88. The maximum Gasteiger partial charge on any atom is 0.194 e. The van der Waals surface area contributed by atoms with E-state index in [9.17, 15) is 9.59 Å². The lowest BCUT2D eigenvalue weighted by Gasteiger charge is -2.31. The van der Waals surface area contributed by atoms with Crippen molar-refractivity contribution in [1.29, 1.82) is 0 Å². The highest BCUT2D eigenvalue weighted by Gasteiger charge is 2.64. The molecular formula is C70H86N8O4. The molecule has 0 amide bonds. The maximum absolute atomic E-state index is 14.7. The van der Waals surface area contributed by atoms with Crippen LogP contribution in [0.2, 0.25) is 0 Å². The van der Waals surface area contributed by atoms with E-state index in [0.29, 0.717) is 12.8 Å². The average Bonchev–Trinajstić information content (AvgIpc) is 4.52. The van der Waals surface area contributed by atoms with Gasteiger partial charge < -0.3 is 29.1 Å². The van der Waals surface area contributed by atoms with Crippen LogP contribution in [-0.2, 0) is 33.8 Å². The number of fused-ring (bicyclic) bond motifs is 6. The number of epoxide rings is 2.